The molecule has 2 unspecified atom stereocenters. The third kappa shape index (κ3) is 2.82. The molecule has 0 amide bonds. The molecular weight excluding hydrogens is 330 g/mol. The molecule has 0 saturated heterocycles. The van der Waals surface area contributed by atoms with Crippen LogP contribution in [0.1, 0.15) is 43.7 Å². The zero-order valence-electron chi connectivity index (χ0n) is 16.1. The van der Waals surface area contributed by atoms with Gasteiger partial charge in [-0.15, -0.1) is 0 Å². The van der Waals surface area contributed by atoms with Gasteiger partial charge in [0.2, 0.25) is 0 Å². The summed E-state index contributed by atoms with van der Waals surface area (Å²) in [6.07, 6.45) is 8.02. The van der Waals surface area contributed by atoms with Crippen LogP contribution < -0.4 is 9.47 Å². The van der Waals surface area contributed by atoms with Crippen molar-refractivity contribution in [3.8, 4) is 11.5 Å². The van der Waals surface area contributed by atoms with Crippen molar-refractivity contribution in [1.29, 1.82) is 0 Å². The normalized spacial score (nSPS) is 34.2. The van der Waals surface area contributed by atoms with E-state index in [2.05, 4.69) is 32.2 Å². The number of hydrogen-bond donors (Lipinski definition) is 1. The van der Waals surface area contributed by atoms with Gasteiger partial charge < -0.3 is 24.5 Å². The van der Waals surface area contributed by atoms with E-state index in [1.54, 1.807) is 7.11 Å². The maximum Gasteiger partial charge on any atom is 0.166 e. The Balaban J connectivity index is 0.00000196. The van der Waals surface area contributed by atoms with Crippen molar-refractivity contribution in [3.05, 3.63) is 35.4 Å². The zero-order valence-corrected chi connectivity index (χ0v) is 16.1. The van der Waals surface area contributed by atoms with Crippen LogP contribution in [0.5, 0.6) is 11.5 Å². The van der Waals surface area contributed by atoms with Gasteiger partial charge in [-0.2, -0.15) is 0 Å². The SMILES string of the molecule is CCCC[N+]1(C)CCC23C=C[C@H](O)C[C@@H]2Oc2c(OC)ccc(c23)C1.[OH-]. The Kier molecular flexibility index (Phi) is 5.08. The minimum atomic E-state index is -0.413. The van der Waals surface area contributed by atoms with E-state index in [9.17, 15) is 5.11 Å². The van der Waals surface area contributed by atoms with E-state index in [-0.39, 0.29) is 17.0 Å². The fourth-order valence-electron chi connectivity index (χ4n) is 5.01. The van der Waals surface area contributed by atoms with E-state index < -0.39 is 6.10 Å². The Hall–Kier alpha value is -1.56. The molecule has 0 fully saturated rings. The Bertz CT molecular complexity index is 703. The monoisotopic (exact) mass is 361 g/mol. The number of hydrogen-bond acceptors (Lipinski definition) is 4. The summed E-state index contributed by atoms with van der Waals surface area (Å²) in [5.41, 5.74) is 2.59. The molecule has 5 heteroatoms. The molecule has 0 radical (unpaired) electrons. The molecule has 1 spiro atoms. The lowest BCUT2D eigenvalue weighted by atomic mass is 9.69. The molecule has 144 valence electrons. The molecule has 2 heterocycles. The molecule has 2 N–H and O–H groups in total. The first-order valence-corrected chi connectivity index (χ1v) is 9.59. The summed E-state index contributed by atoms with van der Waals surface area (Å²) in [6.45, 7) is 5.66. The number of unbranched alkanes of at least 4 members (excludes halogenated alkanes) is 1. The molecule has 4 atom stereocenters. The number of methoxy groups -OCH3 is 1. The van der Waals surface area contributed by atoms with E-state index in [4.69, 9.17) is 9.47 Å². The number of benzene rings is 1. The maximum absolute atomic E-state index is 10.1. The van der Waals surface area contributed by atoms with Crippen LogP contribution in [0.25, 0.3) is 0 Å². The van der Waals surface area contributed by atoms with Gasteiger partial charge in [0.05, 0.1) is 38.8 Å². The maximum atomic E-state index is 10.1. The molecule has 1 aromatic carbocycles. The molecule has 26 heavy (non-hydrogen) atoms. The summed E-state index contributed by atoms with van der Waals surface area (Å²) in [6, 6.07) is 4.28. The summed E-state index contributed by atoms with van der Waals surface area (Å²) < 4.78 is 13.1. The van der Waals surface area contributed by atoms with E-state index in [1.165, 1.54) is 30.5 Å². The number of ether oxygens (including phenoxy) is 2. The fraction of sp³-hybridized carbons (Fsp3) is 0.619. The van der Waals surface area contributed by atoms with Crippen LogP contribution >= 0.6 is 0 Å². The van der Waals surface area contributed by atoms with Crippen LogP contribution in [0.15, 0.2) is 24.3 Å². The van der Waals surface area contributed by atoms with Crippen LogP contribution in [0.2, 0.25) is 0 Å². The van der Waals surface area contributed by atoms with Crippen LogP contribution in [-0.2, 0) is 12.0 Å². The molecule has 5 nitrogen and oxygen atoms in total. The van der Waals surface area contributed by atoms with Gasteiger partial charge in [-0.1, -0.05) is 25.5 Å². The Morgan fingerprint density at radius 2 is 2.19 bits per heavy atom. The standard InChI is InChI=1S/C21H30NO3.H2O/c1-4-5-11-22(2)12-10-21-9-8-16(23)13-18(21)25-20-17(24-3)7-6-15(14-22)19(20)21;/h6-9,16,18,23H,4-5,10-14H2,1-3H3;1H2/q+1;/p-1/t16-,18-,21?,22?;/m0./s1. The number of quaternary nitrogens is 1. The quantitative estimate of drug-likeness (QED) is 0.661. The summed E-state index contributed by atoms with van der Waals surface area (Å²) in [7, 11) is 4.10. The Morgan fingerprint density at radius 1 is 1.38 bits per heavy atom. The summed E-state index contributed by atoms with van der Waals surface area (Å²) in [5.74, 6) is 1.73. The average molecular weight is 361 g/mol. The lowest BCUT2D eigenvalue weighted by molar-refractivity contribution is -0.922. The molecule has 4 rings (SSSR count). The van der Waals surface area contributed by atoms with Crippen molar-refractivity contribution in [3.63, 3.8) is 0 Å². The first-order chi connectivity index (χ1) is 12.0. The highest BCUT2D eigenvalue weighted by Gasteiger charge is 2.54. The predicted molar refractivity (Wildman–Crippen MR) is 99.9 cm³/mol. The van der Waals surface area contributed by atoms with Crippen molar-refractivity contribution in [2.45, 2.75) is 56.8 Å². The first kappa shape index (κ1) is 19.2. The highest BCUT2D eigenvalue weighted by molar-refractivity contribution is 5.60. The second kappa shape index (κ2) is 6.87. The average Bonchev–Trinajstić information content (AvgIpc) is 2.87. The van der Waals surface area contributed by atoms with Gasteiger partial charge >= 0.3 is 0 Å². The topological polar surface area (TPSA) is 68.7 Å². The highest BCUT2D eigenvalue weighted by atomic mass is 16.5. The van der Waals surface area contributed by atoms with E-state index in [1.807, 2.05) is 6.08 Å². The van der Waals surface area contributed by atoms with Gasteiger partial charge in [-0.25, -0.2) is 0 Å². The largest absolute Gasteiger partial charge is 0.870 e. The van der Waals surface area contributed by atoms with Gasteiger partial charge in [0.1, 0.15) is 12.6 Å². The van der Waals surface area contributed by atoms with Crippen molar-refractivity contribution >= 4 is 0 Å². The van der Waals surface area contributed by atoms with Crippen LogP contribution in [0.4, 0.5) is 0 Å². The molecule has 1 aromatic rings. The van der Waals surface area contributed by atoms with Crippen molar-refractivity contribution in [2.75, 3.05) is 27.2 Å². The summed E-state index contributed by atoms with van der Waals surface area (Å²) >= 11 is 0. The van der Waals surface area contributed by atoms with Gasteiger partial charge in [0.25, 0.3) is 0 Å². The summed E-state index contributed by atoms with van der Waals surface area (Å²) in [4.78, 5) is 0. The lowest BCUT2D eigenvalue weighted by Gasteiger charge is -2.37. The highest BCUT2D eigenvalue weighted by Crippen LogP contribution is 2.56. The molecule has 0 saturated carbocycles. The van der Waals surface area contributed by atoms with Gasteiger partial charge in [-0.05, 0) is 18.6 Å². The van der Waals surface area contributed by atoms with Gasteiger partial charge in [0.15, 0.2) is 11.5 Å². The minimum absolute atomic E-state index is 0. The number of aliphatic hydroxyl groups excluding tert-OH is 1. The predicted octanol–water partition coefficient (Wildman–Crippen LogP) is 2.99. The van der Waals surface area contributed by atoms with Crippen LogP contribution in [0.3, 0.4) is 0 Å². The second-order valence-electron chi connectivity index (χ2n) is 8.27. The van der Waals surface area contributed by atoms with E-state index in [0.29, 0.717) is 6.42 Å². The second-order valence-corrected chi connectivity index (χ2v) is 8.27. The van der Waals surface area contributed by atoms with Crippen molar-refractivity contribution in [1.82, 2.24) is 0 Å². The number of nitrogens with zero attached hydrogens (tertiary/aromatic N) is 1. The zero-order chi connectivity index (χ0) is 17.7. The Morgan fingerprint density at radius 3 is 2.92 bits per heavy atom. The molecule has 3 aliphatic rings. The number of aliphatic hydroxyl groups is 1. The van der Waals surface area contributed by atoms with Crippen LogP contribution in [0, 0.1) is 0 Å². The lowest BCUT2D eigenvalue weighted by Crippen LogP contribution is -2.47. The third-order valence-corrected chi connectivity index (χ3v) is 6.47. The van der Waals surface area contributed by atoms with Crippen molar-refractivity contribution < 1.29 is 24.5 Å². The minimum Gasteiger partial charge on any atom is -0.870 e. The van der Waals surface area contributed by atoms with E-state index in [0.717, 1.165) is 35.5 Å². The molecule has 2 aliphatic heterocycles. The molecule has 0 bridgehead atoms. The molecule has 0 aromatic heterocycles. The smallest absolute Gasteiger partial charge is 0.166 e. The number of rotatable bonds is 4. The van der Waals surface area contributed by atoms with Crippen LogP contribution in [-0.4, -0.2) is 54.5 Å². The van der Waals surface area contributed by atoms with Crippen molar-refractivity contribution in [2.24, 2.45) is 0 Å². The summed E-state index contributed by atoms with van der Waals surface area (Å²) in [5, 5.41) is 10.1. The fourth-order valence-corrected chi connectivity index (χ4v) is 5.01. The molecular formula is C21H31NO4. The van der Waals surface area contributed by atoms with Gasteiger partial charge in [0, 0.05) is 24.0 Å². The molecule has 1 aliphatic carbocycles. The first-order valence-electron chi connectivity index (χ1n) is 9.59. The van der Waals surface area contributed by atoms with Gasteiger partial charge in [-0.3, -0.25) is 0 Å². The van der Waals surface area contributed by atoms with E-state index >= 15 is 0 Å². The third-order valence-electron chi connectivity index (χ3n) is 6.47. The Labute approximate surface area is 156 Å².